The lowest BCUT2D eigenvalue weighted by molar-refractivity contribution is -0.193. The van der Waals surface area contributed by atoms with E-state index in [4.69, 9.17) is 28.8 Å². The number of hydrogen-bond acceptors (Lipinski definition) is 8. The van der Waals surface area contributed by atoms with E-state index in [0.29, 0.717) is 0 Å². The van der Waals surface area contributed by atoms with Crippen LogP contribution in [0.5, 0.6) is 0 Å². The van der Waals surface area contributed by atoms with Crippen molar-refractivity contribution in [3.05, 3.63) is 61.2 Å². The first-order valence-corrected chi connectivity index (χ1v) is 4.92. The van der Waals surface area contributed by atoms with Crippen LogP contribution in [-0.4, -0.2) is 28.4 Å². The van der Waals surface area contributed by atoms with Gasteiger partial charge in [0.25, 0.3) is 0 Å². The largest absolute Gasteiger partial charge is 0.373 e. The van der Waals surface area contributed by atoms with Crippen LogP contribution < -0.4 is 0 Å². The zero-order valence-corrected chi connectivity index (χ0v) is 10.6. The molecular formula is C13H10N2O6. The van der Waals surface area contributed by atoms with Crippen LogP contribution in [0.3, 0.4) is 0 Å². The fraction of sp³-hybridized carbons (Fsp3) is 0. The molecule has 0 aliphatic heterocycles. The van der Waals surface area contributed by atoms with E-state index in [-0.39, 0.29) is 18.5 Å². The van der Waals surface area contributed by atoms with Gasteiger partial charge in [-0.3, -0.25) is 9.97 Å². The van der Waals surface area contributed by atoms with Gasteiger partial charge in [-0.15, -0.1) is 0 Å². The molecule has 0 amide bonds. The molecule has 8 nitrogen and oxygen atoms in total. The third kappa shape index (κ3) is 48.1. The molecule has 0 aliphatic carbocycles. The van der Waals surface area contributed by atoms with E-state index in [1.165, 1.54) is 0 Å². The van der Waals surface area contributed by atoms with Crippen molar-refractivity contribution in [2.75, 3.05) is 0 Å². The Morgan fingerprint density at radius 2 is 0.619 bits per heavy atom. The van der Waals surface area contributed by atoms with Crippen molar-refractivity contribution in [1.82, 2.24) is 9.97 Å². The van der Waals surface area contributed by atoms with Crippen molar-refractivity contribution >= 4 is 18.5 Å². The van der Waals surface area contributed by atoms with Crippen LogP contribution in [0.25, 0.3) is 0 Å². The van der Waals surface area contributed by atoms with Gasteiger partial charge in [-0.1, -0.05) is 12.1 Å². The Labute approximate surface area is 119 Å². The summed E-state index contributed by atoms with van der Waals surface area (Å²) in [6.07, 6.45) is 7.75. The molecule has 0 aliphatic rings. The van der Waals surface area contributed by atoms with E-state index in [9.17, 15) is 0 Å². The molecule has 0 radical (unpaired) electrons. The molecule has 2 aromatic rings. The van der Waals surface area contributed by atoms with Crippen molar-refractivity contribution in [2.24, 2.45) is 0 Å². The highest BCUT2D eigenvalue weighted by Gasteiger charge is 1.59. The molecule has 0 saturated carbocycles. The number of carbonyl (C=O) groups excluding carboxylic acids is 6. The van der Waals surface area contributed by atoms with Gasteiger partial charge in [-0.25, -0.2) is 0 Å². The quantitative estimate of drug-likeness (QED) is 0.682. The second kappa shape index (κ2) is 29.9. The molecule has 0 atom stereocenters. The third-order valence-electron chi connectivity index (χ3n) is 1.13. The Bertz CT molecular complexity index is 387. The van der Waals surface area contributed by atoms with Crippen molar-refractivity contribution in [2.45, 2.75) is 0 Å². The van der Waals surface area contributed by atoms with Gasteiger partial charge in [0.05, 0.1) is 0 Å². The van der Waals surface area contributed by atoms with Gasteiger partial charge in [-0.05, 0) is 24.3 Å². The second-order valence-corrected chi connectivity index (χ2v) is 2.30. The van der Waals surface area contributed by atoms with E-state index in [1.807, 2.05) is 36.4 Å². The van der Waals surface area contributed by atoms with Gasteiger partial charge in [-0.2, -0.15) is 28.8 Å². The molecule has 0 aromatic carbocycles. The second-order valence-electron chi connectivity index (χ2n) is 2.30. The summed E-state index contributed by atoms with van der Waals surface area (Å²) in [5, 5.41) is 0. The fourth-order valence-electron chi connectivity index (χ4n) is 0.625. The summed E-state index contributed by atoms with van der Waals surface area (Å²) in [5.41, 5.74) is 0. The minimum atomic E-state index is 0.250. The maximum Gasteiger partial charge on any atom is 0.373 e. The maximum absolute atomic E-state index is 8.12. The predicted octanol–water partition coefficient (Wildman–Crippen LogP) is 0.413. The van der Waals surface area contributed by atoms with E-state index < -0.39 is 0 Å². The lowest BCUT2D eigenvalue weighted by Crippen LogP contribution is -1.58. The highest BCUT2D eigenvalue weighted by atomic mass is 16.2. The van der Waals surface area contributed by atoms with Crippen molar-refractivity contribution < 1.29 is 28.8 Å². The summed E-state index contributed by atoms with van der Waals surface area (Å²) in [6, 6.07) is 11.4. The standard InChI is InChI=1S/2C5H5N.3CO2/c2*1-2-4-6-5-3-1;3*2-1-3/h2*1-5H;;;. The number of rotatable bonds is 0. The molecule has 0 bridgehead atoms. The van der Waals surface area contributed by atoms with Crippen molar-refractivity contribution in [3.8, 4) is 0 Å². The zero-order chi connectivity index (χ0) is 16.6. The minimum Gasteiger partial charge on any atom is -0.265 e. The van der Waals surface area contributed by atoms with Crippen LogP contribution in [0.15, 0.2) is 61.2 Å². The lowest BCUT2D eigenvalue weighted by atomic mass is 10.5. The summed E-state index contributed by atoms with van der Waals surface area (Å²) in [5.74, 6) is 0. The third-order valence-corrected chi connectivity index (χ3v) is 1.13. The molecule has 0 spiro atoms. The minimum absolute atomic E-state index is 0.250. The molecule has 8 heteroatoms. The van der Waals surface area contributed by atoms with E-state index in [1.54, 1.807) is 24.8 Å². The van der Waals surface area contributed by atoms with Gasteiger partial charge in [0.2, 0.25) is 0 Å². The Balaban J connectivity index is -0.000000204. The van der Waals surface area contributed by atoms with Gasteiger partial charge in [0.15, 0.2) is 0 Å². The first-order chi connectivity index (χ1) is 10.2. The summed E-state index contributed by atoms with van der Waals surface area (Å²) >= 11 is 0. The number of nitrogens with zero attached hydrogens (tertiary/aromatic N) is 2. The van der Waals surface area contributed by atoms with Crippen LogP contribution in [0.4, 0.5) is 0 Å². The molecule has 2 rings (SSSR count). The number of aromatic nitrogens is 2. The molecule has 2 heterocycles. The number of pyridine rings is 2. The molecule has 0 unspecified atom stereocenters. The highest BCUT2D eigenvalue weighted by molar-refractivity contribution is 5.20. The lowest BCUT2D eigenvalue weighted by Gasteiger charge is -1.70. The summed E-state index contributed by atoms with van der Waals surface area (Å²) in [4.78, 5) is 56.3. The normalized spacial score (nSPS) is 5.71. The summed E-state index contributed by atoms with van der Waals surface area (Å²) in [6.45, 7) is 0. The molecule has 0 fully saturated rings. The fourth-order valence-corrected chi connectivity index (χ4v) is 0.625. The van der Waals surface area contributed by atoms with Crippen LogP contribution >= 0.6 is 0 Å². The van der Waals surface area contributed by atoms with Gasteiger partial charge in [0, 0.05) is 24.8 Å². The molecule has 21 heavy (non-hydrogen) atoms. The van der Waals surface area contributed by atoms with Crippen molar-refractivity contribution in [1.29, 1.82) is 0 Å². The summed E-state index contributed by atoms with van der Waals surface area (Å²) < 4.78 is 0. The molecule has 0 N–H and O–H groups in total. The number of hydrogen-bond donors (Lipinski definition) is 0. The zero-order valence-electron chi connectivity index (χ0n) is 10.6. The monoisotopic (exact) mass is 290 g/mol. The molecule has 2 aromatic heterocycles. The van der Waals surface area contributed by atoms with E-state index >= 15 is 0 Å². The first kappa shape index (κ1) is 22.6. The molecule has 0 saturated heterocycles. The molecular weight excluding hydrogens is 280 g/mol. The summed E-state index contributed by atoms with van der Waals surface area (Å²) in [7, 11) is 0. The predicted molar refractivity (Wildman–Crippen MR) is 63.5 cm³/mol. The van der Waals surface area contributed by atoms with Crippen LogP contribution in [-0.2, 0) is 28.8 Å². The smallest absolute Gasteiger partial charge is 0.265 e. The first-order valence-electron chi connectivity index (χ1n) is 4.92. The molecule has 108 valence electrons. The van der Waals surface area contributed by atoms with Crippen LogP contribution in [0.1, 0.15) is 0 Å². The van der Waals surface area contributed by atoms with E-state index in [0.717, 1.165) is 0 Å². The Hall–Kier alpha value is -3.56. The van der Waals surface area contributed by atoms with Gasteiger partial charge < -0.3 is 0 Å². The Kier molecular flexibility index (Phi) is 32.2. The van der Waals surface area contributed by atoms with Gasteiger partial charge >= 0.3 is 18.5 Å². The SMILES string of the molecule is O=C=O.O=C=O.O=C=O.c1ccncc1.c1ccncc1. The highest BCUT2D eigenvalue weighted by Crippen LogP contribution is 1.74. The average Bonchev–Trinajstić information content (AvgIpc) is 2.54. The topological polar surface area (TPSA) is 128 Å². The van der Waals surface area contributed by atoms with Gasteiger partial charge in [0.1, 0.15) is 0 Å². The Morgan fingerprint density at radius 1 is 0.429 bits per heavy atom. The Morgan fingerprint density at radius 3 is 0.667 bits per heavy atom. The maximum atomic E-state index is 8.12. The van der Waals surface area contributed by atoms with Crippen LogP contribution in [0, 0.1) is 0 Å². The van der Waals surface area contributed by atoms with E-state index in [2.05, 4.69) is 9.97 Å². The van der Waals surface area contributed by atoms with Crippen LogP contribution in [0.2, 0.25) is 0 Å². The average molecular weight is 290 g/mol. The van der Waals surface area contributed by atoms with Crippen molar-refractivity contribution in [3.63, 3.8) is 0 Å².